The fourth-order valence-corrected chi connectivity index (χ4v) is 3.40. The Morgan fingerprint density at radius 3 is 1.42 bits per heavy atom. The Bertz CT molecular complexity index is 1290. The monoisotopic (exact) mass is 522 g/mol. The van der Waals surface area contributed by atoms with Crippen molar-refractivity contribution in [2.24, 2.45) is 0 Å². The number of benzene rings is 3. The minimum atomic E-state index is -0.654. The number of anilines is 2. The molecule has 3 aromatic carbocycles. The Labute approximate surface area is 217 Å². The third kappa shape index (κ3) is 7.03. The number of carbonyl (C=O) groups excluding carboxylic acids is 2. The quantitative estimate of drug-likeness (QED) is 0.257. The van der Waals surface area contributed by atoms with E-state index in [1.54, 1.807) is 45.9 Å². The predicted octanol–water partition coefficient (Wildman–Crippen LogP) is 5.58. The maximum absolute atomic E-state index is 13.0. The first kappa shape index (κ1) is 27.6. The Morgan fingerprint density at radius 2 is 1.08 bits per heavy atom. The lowest BCUT2D eigenvalue weighted by Gasteiger charge is -2.15. The zero-order chi connectivity index (χ0) is 28.0. The topological polar surface area (TPSA) is 163 Å². The van der Waals surface area contributed by atoms with Crippen LogP contribution in [0.25, 0.3) is 0 Å². The lowest BCUT2D eigenvalue weighted by molar-refractivity contribution is -0.385. The standard InChI is InChI=1S/C26H26N4O8/c1-15(2)37-23-10-8-19(29(33)34)13-21(23)25(31)27-17-6-5-7-18(12-17)28-26(32)22-14-20(30(35)36)9-11-24(22)38-16(3)4/h5-16H,1-4H3,(H,27,31)(H,28,32). The first-order valence-electron chi connectivity index (χ1n) is 11.6. The first-order chi connectivity index (χ1) is 17.9. The van der Waals surface area contributed by atoms with Crippen molar-refractivity contribution < 1.29 is 28.9 Å². The fraction of sp³-hybridized carbons (Fsp3) is 0.231. The van der Waals surface area contributed by atoms with Crippen LogP contribution in [0.3, 0.4) is 0 Å². The highest BCUT2D eigenvalue weighted by Gasteiger charge is 2.21. The Kier molecular flexibility index (Phi) is 8.58. The van der Waals surface area contributed by atoms with Crippen molar-refractivity contribution >= 4 is 34.6 Å². The number of nitro benzene ring substituents is 2. The maximum Gasteiger partial charge on any atom is 0.270 e. The molecule has 3 aromatic rings. The van der Waals surface area contributed by atoms with Crippen LogP contribution < -0.4 is 20.1 Å². The number of non-ortho nitro benzene ring substituents is 2. The molecule has 0 heterocycles. The van der Waals surface area contributed by atoms with Crippen molar-refractivity contribution in [1.29, 1.82) is 0 Å². The molecule has 38 heavy (non-hydrogen) atoms. The van der Waals surface area contributed by atoms with Crippen LogP contribution in [0.5, 0.6) is 11.5 Å². The first-order valence-corrected chi connectivity index (χ1v) is 11.6. The SMILES string of the molecule is CC(C)Oc1ccc([N+](=O)[O-])cc1C(=O)Nc1cccc(NC(=O)c2cc([N+](=O)[O-])ccc2OC(C)C)c1. The molecule has 0 radical (unpaired) electrons. The molecule has 0 saturated heterocycles. The lowest BCUT2D eigenvalue weighted by Crippen LogP contribution is -2.17. The molecule has 0 aliphatic heterocycles. The normalized spacial score (nSPS) is 10.7. The second-order valence-corrected chi connectivity index (χ2v) is 8.70. The van der Waals surface area contributed by atoms with Gasteiger partial charge in [-0.15, -0.1) is 0 Å². The number of amides is 2. The summed E-state index contributed by atoms with van der Waals surface area (Å²) < 4.78 is 11.3. The van der Waals surface area contributed by atoms with Crippen molar-refractivity contribution in [3.63, 3.8) is 0 Å². The van der Waals surface area contributed by atoms with Gasteiger partial charge in [-0.3, -0.25) is 29.8 Å². The summed E-state index contributed by atoms with van der Waals surface area (Å²) in [4.78, 5) is 47.2. The third-order valence-electron chi connectivity index (χ3n) is 4.94. The van der Waals surface area contributed by atoms with Gasteiger partial charge in [0.1, 0.15) is 11.5 Å². The molecule has 0 fully saturated rings. The molecular formula is C26H26N4O8. The van der Waals surface area contributed by atoms with Crippen LogP contribution in [-0.4, -0.2) is 33.9 Å². The van der Waals surface area contributed by atoms with Gasteiger partial charge < -0.3 is 20.1 Å². The maximum atomic E-state index is 13.0. The number of carbonyl (C=O) groups is 2. The van der Waals surface area contributed by atoms with E-state index in [9.17, 15) is 29.8 Å². The number of nitrogens with zero attached hydrogens (tertiary/aromatic N) is 2. The zero-order valence-electron chi connectivity index (χ0n) is 21.1. The Morgan fingerprint density at radius 1 is 0.684 bits per heavy atom. The van der Waals surface area contributed by atoms with E-state index in [2.05, 4.69) is 10.6 Å². The summed E-state index contributed by atoms with van der Waals surface area (Å²) in [6.45, 7) is 7.03. The van der Waals surface area contributed by atoms with Crippen molar-refractivity contribution in [3.05, 3.63) is 92.0 Å². The highest BCUT2D eigenvalue weighted by Crippen LogP contribution is 2.28. The summed E-state index contributed by atoms with van der Waals surface area (Å²) in [6.07, 6.45) is -0.556. The average molecular weight is 523 g/mol. The molecule has 2 N–H and O–H groups in total. The van der Waals surface area contributed by atoms with E-state index in [4.69, 9.17) is 9.47 Å². The van der Waals surface area contributed by atoms with E-state index < -0.39 is 21.7 Å². The summed E-state index contributed by atoms with van der Waals surface area (Å²) in [5, 5.41) is 27.7. The summed E-state index contributed by atoms with van der Waals surface area (Å²) in [6, 6.07) is 13.6. The van der Waals surface area contributed by atoms with Gasteiger partial charge in [-0.05, 0) is 58.0 Å². The number of hydrogen-bond donors (Lipinski definition) is 2. The molecule has 0 aliphatic rings. The van der Waals surface area contributed by atoms with E-state index in [-0.39, 0.29) is 57.6 Å². The molecule has 0 unspecified atom stereocenters. The van der Waals surface area contributed by atoms with E-state index >= 15 is 0 Å². The summed E-state index contributed by atoms with van der Waals surface area (Å²) in [5.41, 5.74) is -0.0453. The smallest absolute Gasteiger partial charge is 0.270 e. The molecule has 12 nitrogen and oxygen atoms in total. The highest BCUT2D eigenvalue weighted by molar-refractivity contribution is 6.08. The van der Waals surface area contributed by atoms with Crippen LogP contribution in [0.15, 0.2) is 60.7 Å². The zero-order valence-corrected chi connectivity index (χ0v) is 21.1. The Balaban J connectivity index is 1.85. The molecule has 0 aromatic heterocycles. The second-order valence-electron chi connectivity index (χ2n) is 8.70. The minimum absolute atomic E-state index is 0.0330. The predicted molar refractivity (Wildman–Crippen MR) is 140 cm³/mol. The molecule has 12 heteroatoms. The van der Waals surface area contributed by atoms with E-state index in [0.717, 1.165) is 12.1 Å². The van der Waals surface area contributed by atoms with Gasteiger partial charge in [-0.25, -0.2) is 0 Å². The van der Waals surface area contributed by atoms with Crippen LogP contribution >= 0.6 is 0 Å². The van der Waals surface area contributed by atoms with Crippen molar-refractivity contribution in [2.75, 3.05) is 10.6 Å². The van der Waals surface area contributed by atoms with Crippen LogP contribution in [0.2, 0.25) is 0 Å². The third-order valence-corrected chi connectivity index (χ3v) is 4.94. The average Bonchev–Trinajstić information content (AvgIpc) is 2.83. The molecule has 0 aliphatic carbocycles. The van der Waals surface area contributed by atoms with Crippen LogP contribution in [0.1, 0.15) is 48.4 Å². The molecular weight excluding hydrogens is 496 g/mol. The molecule has 0 atom stereocenters. The molecule has 0 saturated carbocycles. The van der Waals surface area contributed by atoms with Crippen LogP contribution in [-0.2, 0) is 0 Å². The number of hydrogen-bond acceptors (Lipinski definition) is 8. The van der Waals surface area contributed by atoms with Crippen molar-refractivity contribution in [2.45, 2.75) is 39.9 Å². The second kappa shape index (κ2) is 11.8. The van der Waals surface area contributed by atoms with Gasteiger partial charge in [-0.1, -0.05) is 6.07 Å². The summed E-state index contributed by atoms with van der Waals surface area (Å²) in [7, 11) is 0. The van der Waals surface area contributed by atoms with E-state index in [1.165, 1.54) is 30.3 Å². The number of nitro groups is 2. The van der Waals surface area contributed by atoms with Gasteiger partial charge in [0.2, 0.25) is 0 Å². The lowest BCUT2D eigenvalue weighted by atomic mass is 10.1. The summed E-state index contributed by atoms with van der Waals surface area (Å²) >= 11 is 0. The van der Waals surface area contributed by atoms with E-state index in [0.29, 0.717) is 0 Å². The Hall–Kier alpha value is -5.00. The van der Waals surface area contributed by atoms with Crippen molar-refractivity contribution in [3.8, 4) is 11.5 Å². The fourth-order valence-electron chi connectivity index (χ4n) is 3.40. The number of rotatable bonds is 10. The van der Waals surface area contributed by atoms with Gasteiger partial charge in [0, 0.05) is 35.6 Å². The van der Waals surface area contributed by atoms with Gasteiger partial charge in [0.25, 0.3) is 23.2 Å². The van der Waals surface area contributed by atoms with Crippen LogP contribution in [0.4, 0.5) is 22.7 Å². The highest BCUT2D eigenvalue weighted by atomic mass is 16.6. The van der Waals surface area contributed by atoms with Crippen LogP contribution in [0, 0.1) is 20.2 Å². The van der Waals surface area contributed by atoms with E-state index in [1.807, 2.05) is 0 Å². The molecule has 0 spiro atoms. The number of ether oxygens (including phenoxy) is 2. The number of nitrogens with one attached hydrogen (secondary N) is 2. The molecule has 0 bridgehead atoms. The minimum Gasteiger partial charge on any atom is -0.490 e. The molecule has 198 valence electrons. The van der Waals surface area contributed by atoms with Crippen molar-refractivity contribution in [1.82, 2.24) is 0 Å². The summed E-state index contributed by atoms with van der Waals surface area (Å²) in [5.74, 6) is -0.954. The van der Waals surface area contributed by atoms with Gasteiger partial charge in [0.15, 0.2) is 0 Å². The van der Waals surface area contributed by atoms with Gasteiger partial charge >= 0.3 is 0 Å². The van der Waals surface area contributed by atoms with Gasteiger partial charge in [-0.2, -0.15) is 0 Å². The molecule has 2 amide bonds. The van der Waals surface area contributed by atoms with Gasteiger partial charge in [0.05, 0.1) is 33.2 Å². The molecule has 3 rings (SSSR count). The largest absolute Gasteiger partial charge is 0.490 e.